The Balaban J connectivity index is 2.08. The Kier molecular flexibility index (Phi) is 5.06. The van der Waals surface area contributed by atoms with Crippen LogP contribution in [0.1, 0.15) is 31.7 Å². The number of hydrogen-bond acceptors (Lipinski definition) is 4. The summed E-state index contributed by atoms with van der Waals surface area (Å²) in [6.45, 7) is 1.71. The molecule has 1 heterocycles. The number of carbonyl (C=O) groups excluding carboxylic acids is 3. The molecule has 0 aromatic heterocycles. The molecule has 6 heteroatoms. The predicted molar refractivity (Wildman–Crippen MR) is 79.5 cm³/mol. The largest absolute Gasteiger partial charge is 0.289 e. The summed E-state index contributed by atoms with van der Waals surface area (Å²) in [7, 11) is 0. The number of nitrogens with zero attached hydrogens (tertiary/aromatic N) is 1. The van der Waals surface area contributed by atoms with Crippen LogP contribution in [-0.2, 0) is 14.4 Å². The van der Waals surface area contributed by atoms with E-state index in [9.17, 15) is 14.4 Å². The van der Waals surface area contributed by atoms with Gasteiger partial charge in [-0.15, -0.1) is 0 Å². The standard InChI is InChI=1S/C16H18N2O4/c1-11(7-8-14(19)17-22)18-15(20)10-13(16(18)21)9-12-5-3-2-4-6-12/h2-6,9,11,22H,7-8,10H2,1H3,(H,17,19)/b13-9+. The second kappa shape index (κ2) is 7.00. The maximum absolute atomic E-state index is 12.4. The monoisotopic (exact) mass is 302 g/mol. The highest BCUT2D eigenvalue weighted by atomic mass is 16.5. The molecule has 2 rings (SSSR count). The Morgan fingerprint density at radius 1 is 1.36 bits per heavy atom. The van der Waals surface area contributed by atoms with Gasteiger partial charge in [-0.1, -0.05) is 30.3 Å². The zero-order valence-electron chi connectivity index (χ0n) is 12.3. The van der Waals surface area contributed by atoms with Crippen LogP contribution >= 0.6 is 0 Å². The number of amides is 3. The smallest absolute Gasteiger partial charge is 0.257 e. The molecular weight excluding hydrogens is 284 g/mol. The van der Waals surface area contributed by atoms with Crippen LogP contribution in [0, 0.1) is 0 Å². The third-order valence-corrected chi connectivity index (χ3v) is 3.60. The fraction of sp³-hybridized carbons (Fsp3) is 0.312. The van der Waals surface area contributed by atoms with Crippen LogP contribution in [-0.4, -0.2) is 33.9 Å². The molecule has 0 spiro atoms. The summed E-state index contributed by atoms with van der Waals surface area (Å²) in [5.41, 5.74) is 2.86. The van der Waals surface area contributed by atoms with E-state index in [-0.39, 0.29) is 30.7 Å². The van der Waals surface area contributed by atoms with Crippen molar-refractivity contribution in [2.24, 2.45) is 0 Å². The zero-order valence-corrected chi connectivity index (χ0v) is 12.3. The van der Waals surface area contributed by atoms with Crippen LogP contribution in [0.25, 0.3) is 6.08 Å². The maximum atomic E-state index is 12.4. The zero-order chi connectivity index (χ0) is 16.1. The summed E-state index contributed by atoms with van der Waals surface area (Å²) in [6, 6.07) is 8.94. The van der Waals surface area contributed by atoms with Crippen LogP contribution in [0.5, 0.6) is 0 Å². The van der Waals surface area contributed by atoms with Crippen LogP contribution in [0.3, 0.4) is 0 Å². The van der Waals surface area contributed by atoms with Gasteiger partial charge in [0, 0.05) is 18.0 Å². The lowest BCUT2D eigenvalue weighted by Crippen LogP contribution is -2.38. The third-order valence-electron chi connectivity index (χ3n) is 3.60. The number of rotatable bonds is 5. The Labute approximate surface area is 128 Å². The average Bonchev–Trinajstić information content (AvgIpc) is 2.79. The SMILES string of the molecule is CC(CCC(=O)NO)N1C(=O)C/C(=C\c2ccccc2)C1=O. The van der Waals surface area contributed by atoms with E-state index in [1.165, 1.54) is 10.4 Å². The van der Waals surface area contributed by atoms with Gasteiger partial charge in [-0.05, 0) is 25.0 Å². The van der Waals surface area contributed by atoms with Crippen LogP contribution in [0.4, 0.5) is 0 Å². The fourth-order valence-electron chi connectivity index (χ4n) is 2.43. The van der Waals surface area contributed by atoms with Gasteiger partial charge in [-0.2, -0.15) is 0 Å². The van der Waals surface area contributed by atoms with Crippen molar-refractivity contribution in [3.05, 3.63) is 41.5 Å². The van der Waals surface area contributed by atoms with E-state index in [2.05, 4.69) is 0 Å². The molecule has 1 atom stereocenters. The molecule has 1 aromatic carbocycles. The summed E-state index contributed by atoms with van der Waals surface area (Å²) < 4.78 is 0. The van der Waals surface area contributed by atoms with Crippen molar-refractivity contribution in [1.82, 2.24) is 10.4 Å². The summed E-state index contributed by atoms with van der Waals surface area (Å²) in [5.74, 6) is -1.11. The van der Waals surface area contributed by atoms with Crippen molar-refractivity contribution >= 4 is 23.8 Å². The highest BCUT2D eigenvalue weighted by Crippen LogP contribution is 2.24. The Morgan fingerprint density at radius 2 is 2.05 bits per heavy atom. The highest BCUT2D eigenvalue weighted by Gasteiger charge is 2.36. The second-order valence-electron chi connectivity index (χ2n) is 5.25. The number of hydroxylamine groups is 1. The van der Waals surface area contributed by atoms with E-state index in [0.29, 0.717) is 12.0 Å². The number of likely N-dealkylation sites (tertiary alicyclic amines) is 1. The summed E-state index contributed by atoms with van der Waals surface area (Å²) in [6.07, 6.45) is 2.15. The first kappa shape index (κ1) is 15.9. The molecule has 1 saturated heterocycles. The normalized spacial score (nSPS) is 17.9. The fourth-order valence-corrected chi connectivity index (χ4v) is 2.43. The second-order valence-corrected chi connectivity index (χ2v) is 5.25. The molecule has 0 saturated carbocycles. The van der Waals surface area contributed by atoms with Gasteiger partial charge in [0.25, 0.3) is 5.91 Å². The molecule has 2 N–H and O–H groups in total. The van der Waals surface area contributed by atoms with Crippen LogP contribution < -0.4 is 5.48 Å². The number of nitrogens with one attached hydrogen (secondary N) is 1. The van der Waals surface area contributed by atoms with Crippen LogP contribution in [0.15, 0.2) is 35.9 Å². The van der Waals surface area contributed by atoms with E-state index < -0.39 is 5.91 Å². The highest BCUT2D eigenvalue weighted by molar-refractivity contribution is 6.15. The van der Waals surface area contributed by atoms with Gasteiger partial charge in [0.15, 0.2) is 0 Å². The summed E-state index contributed by atoms with van der Waals surface area (Å²) in [5, 5.41) is 8.47. The molecule has 1 unspecified atom stereocenters. The Bertz CT molecular complexity index is 610. The minimum atomic E-state index is -0.536. The lowest BCUT2D eigenvalue weighted by atomic mass is 10.1. The van der Waals surface area contributed by atoms with Gasteiger partial charge >= 0.3 is 0 Å². The molecule has 116 valence electrons. The van der Waals surface area contributed by atoms with E-state index in [1.807, 2.05) is 30.3 Å². The number of carbonyl (C=O) groups is 3. The number of hydrogen-bond donors (Lipinski definition) is 2. The van der Waals surface area contributed by atoms with Crippen molar-refractivity contribution in [3.8, 4) is 0 Å². The molecule has 22 heavy (non-hydrogen) atoms. The van der Waals surface area contributed by atoms with Crippen molar-refractivity contribution in [3.63, 3.8) is 0 Å². The Morgan fingerprint density at radius 3 is 2.68 bits per heavy atom. The summed E-state index contributed by atoms with van der Waals surface area (Å²) in [4.78, 5) is 36.7. The molecule has 3 amide bonds. The molecule has 1 aliphatic heterocycles. The third kappa shape index (κ3) is 3.59. The van der Waals surface area contributed by atoms with Crippen molar-refractivity contribution < 1.29 is 19.6 Å². The van der Waals surface area contributed by atoms with E-state index in [1.54, 1.807) is 13.0 Å². The minimum absolute atomic E-state index is 0.0481. The van der Waals surface area contributed by atoms with Gasteiger partial charge in [0.2, 0.25) is 11.8 Å². The predicted octanol–water partition coefficient (Wildman–Crippen LogP) is 1.50. The van der Waals surface area contributed by atoms with Gasteiger partial charge in [0.05, 0.1) is 6.42 Å². The quantitative estimate of drug-likeness (QED) is 0.373. The molecular formula is C16H18N2O4. The van der Waals surface area contributed by atoms with Gasteiger partial charge in [-0.3, -0.25) is 24.5 Å². The first-order valence-corrected chi connectivity index (χ1v) is 7.08. The van der Waals surface area contributed by atoms with E-state index in [0.717, 1.165) is 5.56 Å². The maximum Gasteiger partial charge on any atom is 0.257 e. The first-order valence-electron chi connectivity index (χ1n) is 7.08. The van der Waals surface area contributed by atoms with Crippen molar-refractivity contribution in [2.45, 2.75) is 32.2 Å². The molecule has 1 fully saturated rings. The van der Waals surface area contributed by atoms with Crippen molar-refractivity contribution in [1.29, 1.82) is 0 Å². The first-order chi connectivity index (χ1) is 10.5. The number of benzene rings is 1. The molecule has 1 aromatic rings. The van der Waals surface area contributed by atoms with Crippen LogP contribution in [0.2, 0.25) is 0 Å². The molecule has 1 aliphatic rings. The lowest BCUT2D eigenvalue weighted by molar-refractivity contribution is -0.141. The van der Waals surface area contributed by atoms with Gasteiger partial charge in [0.1, 0.15) is 0 Å². The number of imide groups is 1. The molecule has 0 aliphatic carbocycles. The Hall–Kier alpha value is -2.47. The molecule has 0 radical (unpaired) electrons. The molecule has 6 nitrogen and oxygen atoms in total. The lowest BCUT2D eigenvalue weighted by Gasteiger charge is -2.21. The van der Waals surface area contributed by atoms with Gasteiger partial charge in [-0.25, -0.2) is 5.48 Å². The topological polar surface area (TPSA) is 86.7 Å². The summed E-state index contributed by atoms with van der Waals surface area (Å²) >= 11 is 0. The van der Waals surface area contributed by atoms with E-state index >= 15 is 0 Å². The van der Waals surface area contributed by atoms with E-state index in [4.69, 9.17) is 5.21 Å². The van der Waals surface area contributed by atoms with Gasteiger partial charge < -0.3 is 0 Å². The minimum Gasteiger partial charge on any atom is -0.289 e. The molecule has 0 bridgehead atoms. The van der Waals surface area contributed by atoms with Crippen molar-refractivity contribution in [2.75, 3.05) is 0 Å². The average molecular weight is 302 g/mol.